The van der Waals surface area contributed by atoms with Crippen LogP contribution >= 0.6 is 0 Å². The molecule has 3 saturated carbocycles. The number of ketones is 2. The highest BCUT2D eigenvalue weighted by Crippen LogP contribution is 2.66. The topological polar surface area (TPSA) is 198 Å². The molecule has 7 atom stereocenters. The van der Waals surface area contributed by atoms with Crippen molar-refractivity contribution < 1.29 is 58.3 Å². The van der Waals surface area contributed by atoms with E-state index < -0.39 is 29.4 Å². The van der Waals surface area contributed by atoms with Gasteiger partial charge in [-0.15, -0.1) is 10.1 Å². The Hall–Kier alpha value is -3.36. The summed E-state index contributed by atoms with van der Waals surface area (Å²) in [6.45, 7) is 6.09. The van der Waals surface area contributed by atoms with E-state index in [0.717, 1.165) is 31.9 Å². The number of allylic oxidation sites excluding steroid dienone is 4. The Kier molecular flexibility index (Phi) is 14.4. The number of hydrogen-bond donors (Lipinski definition) is 2. The lowest BCUT2D eigenvalue weighted by Crippen LogP contribution is -2.56. The molecule has 0 aromatic rings. The Balaban J connectivity index is 0.000000876. The zero-order valence-electron chi connectivity index (χ0n) is 25.8. The molecule has 0 aliphatic heterocycles. The first-order valence-electron chi connectivity index (χ1n) is 14.8. The van der Waals surface area contributed by atoms with Crippen LogP contribution in [0.2, 0.25) is 0 Å². The third kappa shape index (κ3) is 8.85. The molecule has 0 aromatic carbocycles. The highest BCUT2D eigenvalue weighted by molar-refractivity contribution is 6.01. The molecule has 44 heavy (non-hydrogen) atoms. The van der Waals surface area contributed by atoms with Crippen LogP contribution < -0.4 is 0 Å². The third-order valence-corrected chi connectivity index (χ3v) is 9.32. The minimum atomic E-state index is -0.986. The molecule has 0 amide bonds. The summed E-state index contributed by atoms with van der Waals surface area (Å²) in [5, 5.41) is 27.5. The van der Waals surface area contributed by atoms with Crippen molar-refractivity contribution in [3.8, 4) is 0 Å². The van der Waals surface area contributed by atoms with Crippen molar-refractivity contribution in [2.75, 3.05) is 46.8 Å². The monoisotopic (exact) mass is 627 g/mol. The lowest BCUT2D eigenvalue weighted by molar-refractivity contribution is -0.758. The van der Waals surface area contributed by atoms with Gasteiger partial charge in [0.15, 0.2) is 18.2 Å². The second-order valence-electron chi connectivity index (χ2n) is 11.5. The van der Waals surface area contributed by atoms with E-state index in [9.17, 15) is 34.4 Å². The van der Waals surface area contributed by atoms with Gasteiger partial charge in [-0.1, -0.05) is 25.5 Å². The number of rotatable bonds is 12. The summed E-state index contributed by atoms with van der Waals surface area (Å²) in [7, 11) is 1.00. The first-order valence-corrected chi connectivity index (χ1v) is 14.8. The minimum absolute atomic E-state index is 0.000865. The second kappa shape index (κ2) is 17.2. The van der Waals surface area contributed by atoms with E-state index in [1.165, 1.54) is 0 Å². The number of Topliss-reactive ketones (excluding diaryl/α,β-unsaturated/α-hetero) is 1. The Bertz CT molecular complexity index is 1080. The van der Waals surface area contributed by atoms with Crippen LogP contribution in [0.5, 0.6) is 0 Å². The van der Waals surface area contributed by atoms with Crippen molar-refractivity contribution in [2.24, 2.45) is 34.5 Å². The van der Waals surface area contributed by atoms with E-state index in [2.05, 4.69) is 23.4 Å². The number of aliphatic hydroxyl groups excluding tert-OH is 2. The molecule has 14 heteroatoms. The van der Waals surface area contributed by atoms with Gasteiger partial charge in [-0.2, -0.15) is 0 Å². The van der Waals surface area contributed by atoms with Gasteiger partial charge in [0.25, 0.3) is 11.6 Å². The van der Waals surface area contributed by atoms with E-state index in [1.54, 1.807) is 19.1 Å². The van der Waals surface area contributed by atoms with Gasteiger partial charge in [-0.05, 0) is 68.4 Å². The Morgan fingerprint density at radius 1 is 1.11 bits per heavy atom. The van der Waals surface area contributed by atoms with E-state index in [-0.39, 0.29) is 67.1 Å². The van der Waals surface area contributed by atoms with Crippen LogP contribution in [0.15, 0.2) is 23.8 Å². The quantitative estimate of drug-likeness (QED) is 0.105. The van der Waals surface area contributed by atoms with Crippen LogP contribution in [0, 0.1) is 44.6 Å². The van der Waals surface area contributed by atoms with Crippen molar-refractivity contribution in [3.05, 3.63) is 33.9 Å². The summed E-state index contributed by atoms with van der Waals surface area (Å²) in [6, 6.07) is 0. The van der Waals surface area contributed by atoms with Crippen LogP contribution in [0.1, 0.15) is 52.9 Å². The lowest BCUT2D eigenvalue weighted by Gasteiger charge is -2.58. The molecule has 0 bridgehead atoms. The second-order valence-corrected chi connectivity index (χ2v) is 11.5. The fraction of sp³-hybridized carbons (Fsp3) is 0.733. The maximum Gasteiger partial charge on any atom is 0.508 e. The summed E-state index contributed by atoms with van der Waals surface area (Å²) >= 11 is 0. The maximum absolute atomic E-state index is 13.1. The predicted molar refractivity (Wildman–Crippen MR) is 153 cm³/mol. The largest absolute Gasteiger partial charge is 0.508 e. The zero-order valence-corrected chi connectivity index (χ0v) is 25.8. The molecule has 7 unspecified atom stereocenters. The molecule has 4 aliphatic carbocycles. The smallest absolute Gasteiger partial charge is 0.468 e. The van der Waals surface area contributed by atoms with Crippen LogP contribution in [-0.2, 0) is 38.2 Å². The molecule has 14 nitrogen and oxygen atoms in total. The molecular formula is C30H45NO13. The normalized spacial score (nSPS) is 31.2. The summed E-state index contributed by atoms with van der Waals surface area (Å²) in [6.07, 6.45) is 7.46. The zero-order chi connectivity index (χ0) is 32.9. The molecule has 4 aliphatic rings. The van der Waals surface area contributed by atoms with Gasteiger partial charge in [0.05, 0.1) is 25.9 Å². The Morgan fingerprint density at radius 3 is 2.45 bits per heavy atom. The number of nitrogens with zero attached hydrogens (tertiary/aromatic N) is 1. The van der Waals surface area contributed by atoms with Crippen molar-refractivity contribution in [2.45, 2.75) is 59.0 Å². The van der Waals surface area contributed by atoms with Gasteiger partial charge in [0.1, 0.15) is 13.2 Å². The molecule has 2 N–H and O–H groups in total. The fourth-order valence-electron chi connectivity index (χ4n) is 7.65. The fourth-order valence-corrected chi connectivity index (χ4v) is 7.65. The summed E-state index contributed by atoms with van der Waals surface area (Å²) in [4.78, 5) is 60.3. The minimum Gasteiger partial charge on any atom is -0.468 e. The van der Waals surface area contributed by atoms with Gasteiger partial charge >= 0.3 is 6.16 Å². The Morgan fingerprint density at radius 2 is 1.82 bits per heavy atom. The summed E-state index contributed by atoms with van der Waals surface area (Å²) in [5.74, 6) is 0.0192. The standard InChI is InChI=1S/C26H35NO10.C3H6O2.CH4O/c1-25-8-7-17(28)13-16(25)3-4-18-19-5-6-20(26(19,2)14-21(29)23(18)25)22(30)15-36-24(31)35-11-9-34-10-12-37-27(32)33;1-2-5-3-4;1-2/h7-8,13,18-21,23,29H,3-6,9-12,14-15H2,1-2H3;3H,2H2,1H3;2H,1H3. The van der Waals surface area contributed by atoms with Gasteiger partial charge < -0.3 is 34.0 Å². The molecule has 0 spiro atoms. The van der Waals surface area contributed by atoms with E-state index in [0.29, 0.717) is 25.9 Å². The van der Waals surface area contributed by atoms with Gasteiger partial charge in [-0.25, -0.2) is 4.79 Å². The van der Waals surface area contributed by atoms with Gasteiger partial charge in [0.2, 0.25) is 0 Å². The number of hydrogen-bond acceptors (Lipinski definition) is 13. The highest BCUT2D eigenvalue weighted by Gasteiger charge is 2.62. The van der Waals surface area contributed by atoms with Crippen LogP contribution in [0.3, 0.4) is 0 Å². The number of aliphatic hydroxyl groups is 2. The number of ether oxygens (including phenoxy) is 4. The predicted octanol–water partition coefficient (Wildman–Crippen LogP) is 2.62. The number of fused-ring (bicyclic) bond motifs is 5. The van der Waals surface area contributed by atoms with E-state index in [1.807, 2.05) is 6.08 Å². The van der Waals surface area contributed by atoms with Crippen LogP contribution in [0.4, 0.5) is 4.79 Å². The number of carbonyl (C=O) groups is 4. The molecule has 3 fully saturated rings. The third-order valence-electron chi connectivity index (χ3n) is 9.32. The van der Waals surface area contributed by atoms with Crippen molar-refractivity contribution in [3.63, 3.8) is 0 Å². The van der Waals surface area contributed by atoms with Gasteiger partial charge in [0, 0.05) is 24.4 Å². The van der Waals surface area contributed by atoms with Gasteiger partial charge in [-0.3, -0.25) is 14.4 Å². The Labute approximate surface area is 256 Å². The first-order chi connectivity index (χ1) is 21.0. The average Bonchev–Trinajstić information content (AvgIpc) is 3.33. The molecular weight excluding hydrogens is 582 g/mol. The first kappa shape index (κ1) is 36.8. The molecule has 0 saturated heterocycles. The molecule has 4 rings (SSSR count). The van der Waals surface area contributed by atoms with Crippen molar-refractivity contribution >= 4 is 24.2 Å². The van der Waals surface area contributed by atoms with Crippen LogP contribution in [0.25, 0.3) is 0 Å². The summed E-state index contributed by atoms with van der Waals surface area (Å²) < 4.78 is 19.1. The van der Waals surface area contributed by atoms with E-state index >= 15 is 0 Å². The summed E-state index contributed by atoms with van der Waals surface area (Å²) in [5.41, 5.74) is 0.350. The molecule has 0 radical (unpaired) electrons. The lowest BCUT2D eigenvalue weighted by atomic mass is 9.46. The maximum atomic E-state index is 13.1. The van der Waals surface area contributed by atoms with Crippen LogP contribution in [-0.4, -0.2) is 92.3 Å². The molecule has 0 aromatic heterocycles. The molecule has 0 heterocycles. The highest BCUT2D eigenvalue weighted by atomic mass is 17.0. The van der Waals surface area contributed by atoms with E-state index in [4.69, 9.17) is 19.3 Å². The molecule has 248 valence electrons. The van der Waals surface area contributed by atoms with Crippen molar-refractivity contribution in [1.29, 1.82) is 0 Å². The van der Waals surface area contributed by atoms with Crippen molar-refractivity contribution in [1.82, 2.24) is 0 Å². The SMILES string of the molecule is CC12C=CC(=O)C=C1CCC1C2C(O)CC2(C)C(C(=O)COC(=O)OCCOCCO[N+](=O)[O-])CCC12.CCOC=O.CO. The number of carbonyl (C=O) groups excluding carboxylic acids is 4. The average molecular weight is 628 g/mol.